The summed E-state index contributed by atoms with van der Waals surface area (Å²) in [5.74, 6) is -2.91. The molecular formula is C29H38N6O5. The Morgan fingerprint density at radius 3 is 2.23 bits per heavy atom. The summed E-state index contributed by atoms with van der Waals surface area (Å²) in [7, 11) is 0. The second-order valence-corrected chi connectivity index (χ2v) is 9.84. The molecule has 0 bridgehead atoms. The predicted octanol–water partition coefficient (Wildman–Crippen LogP) is 0.968. The number of carboxylic acids is 1. The van der Waals surface area contributed by atoms with Gasteiger partial charge in [0.05, 0.1) is 6.04 Å². The smallest absolute Gasteiger partial charge is 0.326 e. The van der Waals surface area contributed by atoms with E-state index in [0.29, 0.717) is 19.4 Å². The molecule has 4 unspecified atom stereocenters. The Hall–Kier alpha value is -4.22. The standard InChI is InChI=1S/C29H38N6O5/c1-18(26(36)34-24(29(39)40)13-7-8-14-30)33-28(38)25(16-20-17-32-23-12-6-5-11-21(20)23)35-27(37)22(31)15-19-9-3-2-4-10-19/h2-6,9-12,17-18,22,24-25,32H,7-8,13-16,30-31H2,1H3,(H,33,38)(H,34,36)(H,35,37)(H,39,40). The lowest BCUT2D eigenvalue weighted by Crippen LogP contribution is -2.57. The van der Waals surface area contributed by atoms with E-state index < -0.39 is 47.9 Å². The van der Waals surface area contributed by atoms with Crippen LogP contribution < -0.4 is 27.4 Å². The van der Waals surface area contributed by atoms with Crippen LogP contribution in [0.1, 0.15) is 37.3 Å². The van der Waals surface area contributed by atoms with Crippen LogP contribution in [0.4, 0.5) is 0 Å². The Morgan fingerprint density at radius 1 is 0.850 bits per heavy atom. The summed E-state index contributed by atoms with van der Waals surface area (Å²) in [5, 5.41) is 18.2. The number of carbonyl (C=O) groups excluding carboxylic acids is 3. The molecule has 3 amide bonds. The number of aromatic amines is 1. The molecule has 0 fully saturated rings. The van der Waals surface area contributed by atoms with Gasteiger partial charge in [0.1, 0.15) is 18.1 Å². The third kappa shape index (κ3) is 8.65. The number of rotatable bonds is 15. The quantitative estimate of drug-likeness (QED) is 0.137. The number of nitrogens with two attached hydrogens (primary N) is 2. The molecule has 0 saturated heterocycles. The van der Waals surface area contributed by atoms with Crippen molar-refractivity contribution >= 4 is 34.6 Å². The van der Waals surface area contributed by atoms with Crippen molar-refractivity contribution in [2.45, 2.75) is 63.2 Å². The number of carboxylic acid groups (broad SMARTS) is 1. The van der Waals surface area contributed by atoms with Crippen molar-refractivity contribution < 1.29 is 24.3 Å². The van der Waals surface area contributed by atoms with Gasteiger partial charge in [-0.3, -0.25) is 14.4 Å². The molecule has 0 aliphatic heterocycles. The maximum atomic E-state index is 13.4. The minimum atomic E-state index is -1.17. The number of hydrogen-bond donors (Lipinski definition) is 7. The summed E-state index contributed by atoms with van der Waals surface area (Å²) in [6, 6.07) is 12.8. The van der Waals surface area contributed by atoms with Crippen LogP contribution in [0.25, 0.3) is 10.9 Å². The Morgan fingerprint density at radius 2 is 1.52 bits per heavy atom. The lowest BCUT2D eigenvalue weighted by Gasteiger charge is -2.23. The van der Waals surface area contributed by atoms with Gasteiger partial charge in [-0.1, -0.05) is 48.5 Å². The third-order valence-corrected chi connectivity index (χ3v) is 6.68. The van der Waals surface area contributed by atoms with E-state index in [4.69, 9.17) is 11.5 Å². The van der Waals surface area contributed by atoms with Crippen molar-refractivity contribution in [3.8, 4) is 0 Å². The molecule has 3 rings (SSSR count). The number of para-hydroxylation sites is 1. The van der Waals surface area contributed by atoms with Crippen molar-refractivity contribution in [1.29, 1.82) is 0 Å². The van der Waals surface area contributed by atoms with Crippen LogP contribution in [0.3, 0.4) is 0 Å². The normalized spacial score (nSPS) is 14.1. The van der Waals surface area contributed by atoms with Gasteiger partial charge in [-0.15, -0.1) is 0 Å². The van der Waals surface area contributed by atoms with Crippen molar-refractivity contribution in [3.63, 3.8) is 0 Å². The molecule has 214 valence electrons. The van der Waals surface area contributed by atoms with Crippen LogP contribution in [0.5, 0.6) is 0 Å². The lowest BCUT2D eigenvalue weighted by atomic mass is 10.0. The van der Waals surface area contributed by atoms with Gasteiger partial charge in [0.15, 0.2) is 0 Å². The van der Waals surface area contributed by atoms with E-state index in [1.54, 1.807) is 6.20 Å². The molecule has 3 aromatic rings. The molecule has 0 aliphatic carbocycles. The first-order valence-electron chi connectivity index (χ1n) is 13.4. The zero-order valence-corrected chi connectivity index (χ0v) is 22.6. The minimum absolute atomic E-state index is 0.144. The number of aromatic nitrogens is 1. The van der Waals surface area contributed by atoms with Crippen LogP contribution in [-0.4, -0.2) is 64.5 Å². The highest BCUT2D eigenvalue weighted by Crippen LogP contribution is 2.19. The number of unbranched alkanes of at least 4 members (excludes halogenated alkanes) is 1. The van der Waals surface area contributed by atoms with Gasteiger partial charge in [0.2, 0.25) is 17.7 Å². The second-order valence-electron chi connectivity index (χ2n) is 9.84. The number of hydrogen-bond acceptors (Lipinski definition) is 6. The summed E-state index contributed by atoms with van der Waals surface area (Å²) < 4.78 is 0. The zero-order valence-electron chi connectivity index (χ0n) is 22.6. The molecule has 11 heteroatoms. The maximum Gasteiger partial charge on any atom is 0.326 e. The molecule has 9 N–H and O–H groups in total. The van der Waals surface area contributed by atoms with Crippen molar-refractivity contribution in [2.24, 2.45) is 11.5 Å². The van der Waals surface area contributed by atoms with Gasteiger partial charge < -0.3 is 37.5 Å². The molecule has 11 nitrogen and oxygen atoms in total. The van der Waals surface area contributed by atoms with E-state index in [0.717, 1.165) is 22.0 Å². The van der Waals surface area contributed by atoms with E-state index in [1.165, 1.54) is 6.92 Å². The van der Waals surface area contributed by atoms with Gasteiger partial charge in [-0.05, 0) is 56.3 Å². The third-order valence-electron chi connectivity index (χ3n) is 6.68. The summed E-state index contributed by atoms with van der Waals surface area (Å²) >= 11 is 0. The second kappa shape index (κ2) is 14.8. The van der Waals surface area contributed by atoms with E-state index in [2.05, 4.69) is 20.9 Å². The van der Waals surface area contributed by atoms with E-state index in [9.17, 15) is 24.3 Å². The van der Waals surface area contributed by atoms with E-state index in [-0.39, 0.29) is 19.3 Å². The number of fused-ring (bicyclic) bond motifs is 1. The number of H-pyrrole nitrogens is 1. The number of benzene rings is 2. The molecule has 0 spiro atoms. The summed E-state index contributed by atoms with van der Waals surface area (Å²) in [6.45, 7) is 1.88. The first kappa shape index (κ1) is 30.3. The summed E-state index contributed by atoms with van der Waals surface area (Å²) in [5.41, 5.74) is 14.2. The Balaban J connectivity index is 1.72. The monoisotopic (exact) mass is 550 g/mol. The number of aliphatic carboxylic acids is 1. The van der Waals surface area contributed by atoms with Gasteiger partial charge in [-0.2, -0.15) is 0 Å². The average Bonchev–Trinajstić information content (AvgIpc) is 3.35. The molecule has 0 saturated carbocycles. The summed E-state index contributed by atoms with van der Waals surface area (Å²) in [6.07, 6.45) is 3.59. The SMILES string of the molecule is CC(NC(=O)C(Cc1c[nH]c2ccccc12)NC(=O)C(N)Cc1ccccc1)C(=O)NC(CCCCN)C(=O)O. The molecular weight excluding hydrogens is 512 g/mol. The fourth-order valence-corrected chi connectivity index (χ4v) is 4.40. The first-order valence-corrected chi connectivity index (χ1v) is 13.4. The Bertz CT molecular complexity index is 1290. The fraction of sp³-hybridized carbons (Fsp3) is 0.379. The molecule has 4 atom stereocenters. The highest BCUT2D eigenvalue weighted by molar-refractivity contribution is 5.94. The Kier molecular flexibility index (Phi) is 11.2. The minimum Gasteiger partial charge on any atom is -0.480 e. The van der Waals surface area contributed by atoms with Crippen molar-refractivity contribution in [3.05, 3.63) is 71.9 Å². The fourth-order valence-electron chi connectivity index (χ4n) is 4.40. The first-order chi connectivity index (χ1) is 19.2. The molecule has 2 aromatic carbocycles. The molecule has 1 heterocycles. The highest BCUT2D eigenvalue weighted by atomic mass is 16.4. The zero-order chi connectivity index (χ0) is 29.1. The topological polar surface area (TPSA) is 192 Å². The van der Waals surface area contributed by atoms with Gasteiger partial charge >= 0.3 is 5.97 Å². The molecule has 0 aliphatic rings. The predicted molar refractivity (Wildman–Crippen MR) is 152 cm³/mol. The van der Waals surface area contributed by atoms with Crippen molar-refractivity contribution in [2.75, 3.05) is 6.54 Å². The lowest BCUT2D eigenvalue weighted by molar-refractivity contribution is -0.142. The Labute approximate surface area is 233 Å². The number of nitrogens with one attached hydrogen (secondary N) is 4. The van der Waals surface area contributed by atoms with Crippen molar-refractivity contribution in [1.82, 2.24) is 20.9 Å². The van der Waals surface area contributed by atoms with Crippen LogP contribution in [0, 0.1) is 0 Å². The van der Waals surface area contributed by atoms with E-state index >= 15 is 0 Å². The highest BCUT2D eigenvalue weighted by Gasteiger charge is 2.29. The van der Waals surface area contributed by atoms with Crippen LogP contribution in [0.2, 0.25) is 0 Å². The van der Waals surface area contributed by atoms with Gasteiger partial charge in [0, 0.05) is 23.5 Å². The largest absolute Gasteiger partial charge is 0.480 e. The van der Waals surface area contributed by atoms with Crippen LogP contribution >= 0.6 is 0 Å². The number of carbonyl (C=O) groups is 4. The van der Waals surface area contributed by atoms with Gasteiger partial charge in [-0.25, -0.2) is 4.79 Å². The van der Waals surface area contributed by atoms with E-state index in [1.807, 2.05) is 54.6 Å². The van der Waals surface area contributed by atoms with Crippen LogP contribution in [-0.2, 0) is 32.0 Å². The molecule has 0 radical (unpaired) electrons. The molecule has 1 aromatic heterocycles. The molecule has 40 heavy (non-hydrogen) atoms. The van der Waals surface area contributed by atoms with Crippen LogP contribution in [0.15, 0.2) is 60.8 Å². The summed E-state index contributed by atoms with van der Waals surface area (Å²) in [4.78, 5) is 53.9. The average molecular weight is 551 g/mol. The maximum absolute atomic E-state index is 13.4. The van der Waals surface area contributed by atoms with Gasteiger partial charge in [0.25, 0.3) is 0 Å². The number of amides is 3.